The lowest BCUT2D eigenvalue weighted by atomic mass is 9.85. The lowest BCUT2D eigenvalue weighted by Crippen LogP contribution is -2.42. The molecule has 0 saturated carbocycles. The van der Waals surface area contributed by atoms with Crippen LogP contribution in [0.3, 0.4) is 0 Å². The molecule has 3 heterocycles. The van der Waals surface area contributed by atoms with Gasteiger partial charge >= 0.3 is 0 Å². The standard InChI is InChI=1S/C12H19NO2/c1-2-3-11-10(14)6-12(15-11)8-13-5-4-9(12)7-13/h9,11H,2-8H2,1H3/t9-,11?,12-/m0/s1. The molecule has 0 N–H and O–H groups in total. The molecule has 4 atom stereocenters. The number of ether oxygens (including phenoxy) is 1. The molecule has 2 unspecified atom stereocenters. The number of piperidine rings is 1. The summed E-state index contributed by atoms with van der Waals surface area (Å²) >= 11 is 0. The highest BCUT2D eigenvalue weighted by molar-refractivity contribution is 5.86. The maximum absolute atomic E-state index is 11.9. The number of nitrogens with zero attached hydrogens (tertiary/aromatic N) is 1. The van der Waals surface area contributed by atoms with Crippen LogP contribution in [0.4, 0.5) is 0 Å². The highest BCUT2D eigenvalue weighted by atomic mass is 16.5. The van der Waals surface area contributed by atoms with Crippen molar-refractivity contribution < 1.29 is 9.53 Å². The summed E-state index contributed by atoms with van der Waals surface area (Å²) < 4.78 is 6.11. The molecule has 3 saturated heterocycles. The lowest BCUT2D eigenvalue weighted by Gasteiger charge is -2.32. The van der Waals surface area contributed by atoms with Gasteiger partial charge in [0.05, 0.1) is 5.60 Å². The second-order valence-corrected chi connectivity index (χ2v) is 5.32. The van der Waals surface area contributed by atoms with Crippen molar-refractivity contribution in [3.8, 4) is 0 Å². The molecule has 3 rings (SSSR count). The molecule has 3 heteroatoms. The minimum absolute atomic E-state index is 0.0742. The normalized spacial score (nSPS) is 48.3. The smallest absolute Gasteiger partial charge is 0.164 e. The van der Waals surface area contributed by atoms with Crippen LogP contribution in [0.2, 0.25) is 0 Å². The average molecular weight is 209 g/mol. The van der Waals surface area contributed by atoms with Crippen LogP contribution < -0.4 is 0 Å². The van der Waals surface area contributed by atoms with Crippen LogP contribution in [0.5, 0.6) is 0 Å². The van der Waals surface area contributed by atoms with E-state index in [9.17, 15) is 4.79 Å². The first-order valence-electron chi connectivity index (χ1n) is 6.16. The Labute approximate surface area is 90.8 Å². The Morgan fingerprint density at radius 1 is 1.60 bits per heavy atom. The predicted molar refractivity (Wildman–Crippen MR) is 56.7 cm³/mol. The Hall–Kier alpha value is -0.410. The van der Waals surface area contributed by atoms with Crippen LogP contribution in [0, 0.1) is 5.92 Å². The van der Waals surface area contributed by atoms with Gasteiger partial charge in [0, 0.05) is 25.4 Å². The fourth-order valence-corrected chi connectivity index (χ4v) is 3.53. The molecule has 2 bridgehead atoms. The molecule has 0 aromatic heterocycles. The summed E-state index contributed by atoms with van der Waals surface area (Å²) in [6, 6.07) is 0. The van der Waals surface area contributed by atoms with Crippen LogP contribution in [0.25, 0.3) is 0 Å². The molecule has 84 valence electrons. The van der Waals surface area contributed by atoms with Crippen LogP contribution in [-0.2, 0) is 9.53 Å². The number of carbonyl (C=O) groups is 1. The molecule has 0 radical (unpaired) electrons. The zero-order chi connectivity index (χ0) is 10.5. The van der Waals surface area contributed by atoms with E-state index in [4.69, 9.17) is 4.74 Å². The molecule has 0 aromatic rings. The van der Waals surface area contributed by atoms with Gasteiger partial charge in [-0.1, -0.05) is 13.3 Å². The largest absolute Gasteiger partial charge is 0.362 e. The molecule has 3 fully saturated rings. The number of rotatable bonds is 2. The summed E-state index contributed by atoms with van der Waals surface area (Å²) in [6.07, 6.45) is 3.77. The SMILES string of the molecule is CCCC1O[C@@]2(CC1=O)CN1CC[C@H]2C1. The van der Waals surface area contributed by atoms with E-state index in [-0.39, 0.29) is 11.7 Å². The third-order valence-corrected chi connectivity index (χ3v) is 4.27. The maximum Gasteiger partial charge on any atom is 0.164 e. The van der Waals surface area contributed by atoms with Crippen LogP contribution >= 0.6 is 0 Å². The molecule has 0 aromatic carbocycles. The van der Waals surface area contributed by atoms with Gasteiger partial charge in [-0.15, -0.1) is 0 Å². The van der Waals surface area contributed by atoms with E-state index in [1.54, 1.807) is 0 Å². The molecular formula is C12H19NO2. The number of ketones is 1. The van der Waals surface area contributed by atoms with E-state index in [2.05, 4.69) is 11.8 Å². The fourth-order valence-electron chi connectivity index (χ4n) is 3.53. The van der Waals surface area contributed by atoms with Crippen LogP contribution in [0.1, 0.15) is 32.6 Å². The average Bonchev–Trinajstić information content (AvgIpc) is 2.83. The Morgan fingerprint density at radius 3 is 3.07 bits per heavy atom. The topological polar surface area (TPSA) is 29.5 Å². The summed E-state index contributed by atoms with van der Waals surface area (Å²) in [6.45, 7) is 5.49. The maximum atomic E-state index is 11.9. The quantitative estimate of drug-likeness (QED) is 0.685. The molecule has 3 nitrogen and oxygen atoms in total. The molecule has 1 spiro atoms. The van der Waals surface area contributed by atoms with E-state index in [0.717, 1.165) is 25.9 Å². The summed E-state index contributed by atoms with van der Waals surface area (Å²) in [7, 11) is 0. The summed E-state index contributed by atoms with van der Waals surface area (Å²) in [5.41, 5.74) is -0.0742. The Morgan fingerprint density at radius 2 is 2.47 bits per heavy atom. The van der Waals surface area contributed by atoms with Gasteiger partial charge in [-0.25, -0.2) is 0 Å². The minimum atomic E-state index is -0.0875. The number of fused-ring (bicyclic) bond motifs is 3. The number of hydrogen-bond acceptors (Lipinski definition) is 3. The van der Waals surface area contributed by atoms with Crippen molar-refractivity contribution in [2.45, 2.75) is 44.3 Å². The van der Waals surface area contributed by atoms with Crippen LogP contribution in [0.15, 0.2) is 0 Å². The molecule has 0 amide bonds. The van der Waals surface area contributed by atoms with Gasteiger partial charge in [0.1, 0.15) is 6.10 Å². The lowest BCUT2D eigenvalue weighted by molar-refractivity contribution is -0.124. The van der Waals surface area contributed by atoms with Gasteiger partial charge in [0.2, 0.25) is 0 Å². The molecule has 15 heavy (non-hydrogen) atoms. The zero-order valence-corrected chi connectivity index (χ0v) is 9.37. The highest BCUT2D eigenvalue weighted by Gasteiger charge is 2.57. The minimum Gasteiger partial charge on any atom is -0.362 e. The third-order valence-electron chi connectivity index (χ3n) is 4.27. The Bertz CT molecular complexity index is 291. The predicted octanol–water partition coefficient (Wildman–Crippen LogP) is 1.22. The van der Waals surface area contributed by atoms with Crippen molar-refractivity contribution in [1.82, 2.24) is 4.90 Å². The van der Waals surface area contributed by atoms with Crippen molar-refractivity contribution in [3.05, 3.63) is 0 Å². The van der Waals surface area contributed by atoms with Crippen molar-refractivity contribution in [2.75, 3.05) is 19.6 Å². The van der Waals surface area contributed by atoms with E-state index in [0.29, 0.717) is 18.1 Å². The molecule has 3 aliphatic rings. The zero-order valence-electron chi connectivity index (χ0n) is 9.37. The Kier molecular flexibility index (Phi) is 2.15. The second kappa shape index (κ2) is 3.29. The van der Waals surface area contributed by atoms with Crippen molar-refractivity contribution in [3.63, 3.8) is 0 Å². The van der Waals surface area contributed by atoms with Gasteiger partial charge in [-0.2, -0.15) is 0 Å². The monoisotopic (exact) mass is 209 g/mol. The number of hydrogen-bond donors (Lipinski definition) is 0. The van der Waals surface area contributed by atoms with Crippen molar-refractivity contribution >= 4 is 5.78 Å². The highest BCUT2D eigenvalue weighted by Crippen LogP contribution is 2.46. The van der Waals surface area contributed by atoms with E-state index < -0.39 is 0 Å². The second-order valence-electron chi connectivity index (χ2n) is 5.32. The summed E-state index contributed by atoms with van der Waals surface area (Å²) in [4.78, 5) is 14.3. The number of carbonyl (C=O) groups excluding carboxylic acids is 1. The van der Waals surface area contributed by atoms with Gasteiger partial charge in [0.25, 0.3) is 0 Å². The first kappa shape index (κ1) is 9.79. The summed E-state index contributed by atoms with van der Waals surface area (Å²) in [5, 5.41) is 0. The Balaban J connectivity index is 1.77. The van der Waals surface area contributed by atoms with E-state index in [1.165, 1.54) is 13.0 Å². The van der Waals surface area contributed by atoms with E-state index in [1.807, 2.05) is 0 Å². The molecular weight excluding hydrogens is 190 g/mol. The van der Waals surface area contributed by atoms with Gasteiger partial charge in [-0.3, -0.25) is 4.79 Å². The van der Waals surface area contributed by atoms with Crippen molar-refractivity contribution in [2.24, 2.45) is 5.92 Å². The van der Waals surface area contributed by atoms with Gasteiger partial charge in [-0.05, 0) is 19.4 Å². The molecule has 0 aliphatic carbocycles. The fraction of sp³-hybridized carbons (Fsp3) is 0.917. The van der Waals surface area contributed by atoms with Crippen LogP contribution in [-0.4, -0.2) is 42.0 Å². The van der Waals surface area contributed by atoms with E-state index >= 15 is 0 Å². The third kappa shape index (κ3) is 1.36. The first-order chi connectivity index (χ1) is 7.23. The first-order valence-corrected chi connectivity index (χ1v) is 6.16. The van der Waals surface area contributed by atoms with Gasteiger partial charge in [0.15, 0.2) is 5.78 Å². The van der Waals surface area contributed by atoms with Crippen molar-refractivity contribution in [1.29, 1.82) is 0 Å². The molecule has 3 aliphatic heterocycles. The summed E-state index contributed by atoms with van der Waals surface area (Å²) in [5.74, 6) is 0.980. The number of Topliss-reactive ketones (excluding diaryl/α,β-unsaturated/α-hetero) is 1. The van der Waals surface area contributed by atoms with Gasteiger partial charge < -0.3 is 9.64 Å².